The Labute approximate surface area is 92.9 Å². The van der Waals surface area contributed by atoms with Gasteiger partial charge in [0.25, 0.3) is 10.0 Å². The molecule has 0 aliphatic carbocycles. The van der Waals surface area contributed by atoms with E-state index in [-0.39, 0.29) is 18.2 Å². The van der Waals surface area contributed by atoms with Crippen LogP contribution in [0.1, 0.15) is 12.6 Å². The van der Waals surface area contributed by atoms with Crippen LogP contribution in [0, 0.1) is 0 Å². The molecule has 1 saturated heterocycles. The van der Waals surface area contributed by atoms with Gasteiger partial charge in [0.15, 0.2) is 10.6 Å². The normalized spacial score (nSPS) is 19.4. The van der Waals surface area contributed by atoms with Gasteiger partial charge in [-0.15, -0.1) is 0 Å². The van der Waals surface area contributed by atoms with Gasteiger partial charge >= 0.3 is 0 Å². The summed E-state index contributed by atoms with van der Waals surface area (Å²) in [5.41, 5.74) is -0.725. The van der Waals surface area contributed by atoms with Crippen LogP contribution in [0.25, 0.3) is 0 Å². The van der Waals surface area contributed by atoms with Crippen LogP contribution in [0.4, 0.5) is 0 Å². The third kappa shape index (κ3) is 1.73. The van der Waals surface area contributed by atoms with E-state index in [0.29, 0.717) is 12.2 Å². The van der Waals surface area contributed by atoms with Crippen molar-refractivity contribution in [2.75, 3.05) is 13.2 Å². The van der Waals surface area contributed by atoms with Gasteiger partial charge in [0.05, 0.1) is 18.9 Å². The summed E-state index contributed by atoms with van der Waals surface area (Å²) in [5, 5.41) is 18.6. The second kappa shape index (κ2) is 3.52. The van der Waals surface area contributed by atoms with Gasteiger partial charge in [0.1, 0.15) is 0 Å². The quantitative estimate of drug-likeness (QED) is 0.695. The van der Waals surface area contributed by atoms with Gasteiger partial charge in [-0.1, -0.05) is 0 Å². The number of ether oxygens (including phenoxy) is 1. The lowest BCUT2D eigenvalue weighted by atomic mass is 9.98. The Morgan fingerprint density at radius 1 is 1.69 bits per heavy atom. The number of aromatic nitrogens is 2. The lowest BCUT2D eigenvalue weighted by molar-refractivity contribution is -0.188. The predicted octanol–water partition coefficient (Wildman–Crippen LogP) is -1.23. The fourth-order valence-corrected chi connectivity index (χ4v) is 2.08. The minimum atomic E-state index is -3.84. The number of hydrogen-bond acceptors (Lipinski definition) is 5. The molecule has 2 rings (SSSR count). The molecule has 0 spiro atoms. The van der Waals surface area contributed by atoms with Gasteiger partial charge in [0.2, 0.25) is 0 Å². The number of rotatable bonds is 3. The van der Waals surface area contributed by atoms with Gasteiger partial charge < -0.3 is 9.84 Å². The molecule has 16 heavy (non-hydrogen) atoms. The van der Waals surface area contributed by atoms with Crippen molar-refractivity contribution in [3.63, 3.8) is 0 Å². The van der Waals surface area contributed by atoms with E-state index >= 15 is 0 Å². The van der Waals surface area contributed by atoms with E-state index in [1.165, 1.54) is 10.7 Å². The summed E-state index contributed by atoms with van der Waals surface area (Å²) in [5.74, 6) is 0. The van der Waals surface area contributed by atoms with Crippen molar-refractivity contribution in [3.8, 4) is 0 Å². The molecular formula is C8H13N3O4S. The Balaban J connectivity index is 2.49. The topological polar surface area (TPSA) is 107 Å². The molecule has 7 nitrogen and oxygen atoms in total. The first kappa shape index (κ1) is 11.5. The maximum absolute atomic E-state index is 11.1. The average Bonchev–Trinajstić information content (AvgIpc) is 2.57. The Morgan fingerprint density at radius 2 is 2.31 bits per heavy atom. The number of nitrogens with zero attached hydrogens (tertiary/aromatic N) is 2. The van der Waals surface area contributed by atoms with E-state index in [1.807, 2.05) is 0 Å². The molecule has 1 fully saturated rings. The van der Waals surface area contributed by atoms with E-state index in [0.717, 1.165) is 0 Å². The molecule has 0 radical (unpaired) electrons. The largest absolute Gasteiger partial charge is 0.379 e. The predicted molar refractivity (Wildman–Crippen MR) is 54.0 cm³/mol. The lowest BCUT2D eigenvalue weighted by Gasteiger charge is -2.36. The SMILES string of the molecule is CCn1nc(S(N)(=O)=O)cc1C1(O)COC1. The summed E-state index contributed by atoms with van der Waals surface area (Å²) in [6.45, 7) is 2.53. The molecule has 1 aromatic heterocycles. The van der Waals surface area contributed by atoms with E-state index in [1.54, 1.807) is 6.92 Å². The first-order valence-corrected chi connectivity index (χ1v) is 6.33. The second-order valence-electron chi connectivity index (χ2n) is 3.75. The van der Waals surface area contributed by atoms with Crippen molar-refractivity contribution in [1.29, 1.82) is 0 Å². The number of aryl methyl sites for hydroxylation is 1. The van der Waals surface area contributed by atoms with Gasteiger partial charge in [0, 0.05) is 12.6 Å². The summed E-state index contributed by atoms with van der Waals surface area (Å²) in [6.07, 6.45) is 0. The molecule has 1 aliphatic rings. The molecule has 0 bridgehead atoms. The molecule has 90 valence electrons. The van der Waals surface area contributed by atoms with Crippen LogP contribution >= 0.6 is 0 Å². The minimum absolute atomic E-state index is 0.142. The monoisotopic (exact) mass is 247 g/mol. The maximum atomic E-state index is 11.1. The van der Waals surface area contributed by atoms with Crippen molar-refractivity contribution in [3.05, 3.63) is 11.8 Å². The highest BCUT2D eigenvalue weighted by molar-refractivity contribution is 7.89. The molecule has 8 heteroatoms. The third-order valence-corrected chi connectivity index (χ3v) is 3.29. The zero-order valence-corrected chi connectivity index (χ0v) is 9.57. The summed E-state index contributed by atoms with van der Waals surface area (Å²) in [4.78, 5) is 0. The molecule has 1 aliphatic heterocycles. The Kier molecular flexibility index (Phi) is 2.54. The smallest absolute Gasteiger partial charge is 0.257 e. The highest BCUT2D eigenvalue weighted by atomic mass is 32.2. The van der Waals surface area contributed by atoms with Crippen molar-refractivity contribution in [1.82, 2.24) is 9.78 Å². The van der Waals surface area contributed by atoms with Crippen molar-refractivity contribution in [2.45, 2.75) is 24.1 Å². The maximum Gasteiger partial charge on any atom is 0.257 e. The zero-order valence-electron chi connectivity index (χ0n) is 8.75. The van der Waals surface area contributed by atoms with Gasteiger partial charge in [-0.2, -0.15) is 5.10 Å². The summed E-state index contributed by atoms with van der Waals surface area (Å²) in [6, 6.07) is 1.29. The van der Waals surface area contributed by atoms with E-state index < -0.39 is 15.6 Å². The first-order valence-electron chi connectivity index (χ1n) is 4.78. The van der Waals surface area contributed by atoms with Gasteiger partial charge in [-0.25, -0.2) is 13.6 Å². The molecule has 1 aromatic rings. The Bertz CT molecular complexity index is 503. The summed E-state index contributed by atoms with van der Waals surface area (Å²) < 4.78 is 28.6. The van der Waals surface area contributed by atoms with E-state index in [9.17, 15) is 13.5 Å². The highest BCUT2D eigenvalue weighted by Crippen LogP contribution is 2.30. The molecular weight excluding hydrogens is 234 g/mol. The molecule has 0 amide bonds. The van der Waals surface area contributed by atoms with Crippen LogP contribution in [0.15, 0.2) is 11.1 Å². The molecule has 0 aromatic carbocycles. The Hall–Kier alpha value is -0.960. The van der Waals surface area contributed by atoms with Crippen LogP contribution in [-0.2, 0) is 26.9 Å². The van der Waals surface area contributed by atoms with E-state index in [4.69, 9.17) is 9.88 Å². The number of aliphatic hydroxyl groups is 1. The van der Waals surface area contributed by atoms with Gasteiger partial charge in [-0.05, 0) is 6.92 Å². The minimum Gasteiger partial charge on any atom is -0.379 e. The number of sulfonamides is 1. The van der Waals surface area contributed by atoms with Crippen LogP contribution in [0.5, 0.6) is 0 Å². The highest BCUT2D eigenvalue weighted by Gasteiger charge is 2.41. The fourth-order valence-electron chi connectivity index (χ4n) is 1.59. The Morgan fingerprint density at radius 3 is 2.69 bits per heavy atom. The third-order valence-electron chi connectivity index (χ3n) is 2.51. The molecule has 0 unspecified atom stereocenters. The molecule has 3 N–H and O–H groups in total. The molecule has 2 heterocycles. The zero-order chi connectivity index (χ0) is 12.0. The summed E-state index contributed by atoms with van der Waals surface area (Å²) in [7, 11) is -3.84. The molecule has 0 saturated carbocycles. The molecule has 0 atom stereocenters. The van der Waals surface area contributed by atoms with Crippen LogP contribution in [-0.4, -0.2) is 36.5 Å². The van der Waals surface area contributed by atoms with Crippen LogP contribution < -0.4 is 5.14 Å². The summed E-state index contributed by atoms with van der Waals surface area (Å²) >= 11 is 0. The number of nitrogens with two attached hydrogens (primary N) is 1. The van der Waals surface area contributed by atoms with Gasteiger partial charge in [-0.3, -0.25) is 4.68 Å². The standard InChI is InChI=1S/C8H13N3O4S/c1-2-11-6(8(12)4-15-5-8)3-7(10-11)16(9,13)14/h3,12H,2,4-5H2,1H3,(H2,9,13,14). The van der Waals surface area contributed by atoms with Crippen LogP contribution in [0.3, 0.4) is 0 Å². The first-order chi connectivity index (χ1) is 7.37. The van der Waals surface area contributed by atoms with E-state index in [2.05, 4.69) is 5.10 Å². The fraction of sp³-hybridized carbons (Fsp3) is 0.625. The van der Waals surface area contributed by atoms with Crippen molar-refractivity contribution < 1.29 is 18.3 Å². The number of hydrogen-bond donors (Lipinski definition) is 2. The second-order valence-corrected chi connectivity index (χ2v) is 5.26. The van der Waals surface area contributed by atoms with Crippen molar-refractivity contribution >= 4 is 10.0 Å². The van der Waals surface area contributed by atoms with Crippen molar-refractivity contribution in [2.24, 2.45) is 5.14 Å². The lowest BCUT2D eigenvalue weighted by Crippen LogP contribution is -2.48. The number of primary sulfonamides is 1. The average molecular weight is 247 g/mol. The van der Waals surface area contributed by atoms with Crippen LogP contribution in [0.2, 0.25) is 0 Å².